The fraction of sp³-hybridized carbons (Fsp3) is 0.414. The first-order valence-corrected chi connectivity index (χ1v) is 14.8. The molecular weight excluding hydrogens is 565 g/mol. The molecule has 0 bridgehead atoms. The molecule has 2 aromatic carbocycles. The van der Waals surface area contributed by atoms with Crippen LogP contribution in [0.3, 0.4) is 0 Å². The Hall–Kier alpha value is -3.31. The van der Waals surface area contributed by atoms with Crippen molar-refractivity contribution in [3.63, 3.8) is 0 Å². The van der Waals surface area contributed by atoms with E-state index in [0.717, 1.165) is 79.0 Å². The number of para-hydroxylation sites is 2. The number of benzene rings is 2. The molecule has 0 atom stereocenters. The zero-order chi connectivity index (χ0) is 28.5. The molecule has 1 amide bonds. The maximum Gasteiger partial charge on any atom is 0.426 e. The van der Waals surface area contributed by atoms with Crippen molar-refractivity contribution in [2.45, 2.75) is 44.8 Å². The van der Waals surface area contributed by atoms with E-state index in [0.29, 0.717) is 29.6 Å². The van der Waals surface area contributed by atoms with Crippen molar-refractivity contribution in [1.29, 1.82) is 0 Å². The van der Waals surface area contributed by atoms with Gasteiger partial charge in [0, 0.05) is 62.5 Å². The third-order valence-electron chi connectivity index (χ3n) is 8.10. The maximum absolute atomic E-state index is 12.6. The van der Waals surface area contributed by atoms with Crippen LogP contribution in [0.5, 0.6) is 0 Å². The third-order valence-corrected chi connectivity index (χ3v) is 8.84. The Bertz CT molecular complexity index is 1620. The monoisotopic (exact) mass is 597 g/mol. The van der Waals surface area contributed by atoms with Crippen molar-refractivity contribution >= 4 is 40.3 Å². The Kier molecular flexibility index (Phi) is 8.07. The highest BCUT2D eigenvalue weighted by Crippen LogP contribution is 2.34. The van der Waals surface area contributed by atoms with Crippen LogP contribution < -0.4 is 11.0 Å². The fourth-order valence-corrected chi connectivity index (χ4v) is 6.35. The molecule has 0 saturated carbocycles. The number of hydrogen-bond donors (Lipinski definition) is 2. The highest BCUT2D eigenvalue weighted by molar-refractivity contribution is 6.42. The maximum atomic E-state index is 12.6. The number of rotatable bonds is 7. The topological polar surface area (TPSA) is 100 Å². The van der Waals surface area contributed by atoms with E-state index >= 15 is 0 Å². The van der Waals surface area contributed by atoms with E-state index in [1.807, 2.05) is 41.0 Å². The Labute approximate surface area is 247 Å². The van der Waals surface area contributed by atoms with E-state index < -0.39 is 6.09 Å². The summed E-state index contributed by atoms with van der Waals surface area (Å²) < 4.78 is 4.03. The molecule has 4 aromatic rings. The number of hydroxylamine groups is 2. The molecule has 2 aliphatic heterocycles. The SMILES string of the molecule is CNC(=O)ON1CCc2c(c(-c3ccc(Cl)c(Cl)c3)nn2CCCN2CCC(n3c(=O)[nH]c4ccccc43)CC2)C1. The van der Waals surface area contributed by atoms with Crippen molar-refractivity contribution in [1.82, 2.24) is 34.6 Å². The molecule has 0 radical (unpaired) electrons. The molecule has 0 unspecified atom stereocenters. The van der Waals surface area contributed by atoms with Gasteiger partial charge in [-0.2, -0.15) is 5.10 Å². The number of nitrogens with one attached hydrogen (secondary N) is 2. The summed E-state index contributed by atoms with van der Waals surface area (Å²) >= 11 is 12.5. The lowest BCUT2D eigenvalue weighted by atomic mass is 10.0. The number of carbonyl (C=O) groups is 1. The van der Waals surface area contributed by atoms with E-state index in [2.05, 4.69) is 19.9 Å². The number of fused-ring (bicyclic) bond motifs is 2. The molecule has 10 nitrogen and oxygen atoms in total. The number of hydrogen-bond acceptors (Lipinski definition) is 6. The number of nitrogens with zero attached hydrogens (tertiary/aromatic N) is 5. The summed E-state index contributed by atoms with van der Waals surface area (Å²) in [6.07, 6.45) is 3.06. The lowest BCUT2D eigenvalue weighted by Gasteiger charge is -2.32. The molecule has 6 rings (SSSR count). The van der Waals surface area contributed by atoms with Gasteiger partial charge in [0.2, 0.25) is 0 Å². The van der Waals surface area contributed by atoms with Crippen LogP contribution in [0.1, 0.15) is 36.6 Å². The van der Waals surface area contributed by atoms with Crippen LogP contribution in [-0.2, 0) is 24.3 Å². The predicted octanol–water partition coefficient (Wildman–Crippen LogP) is 4.86. The van der Waals surface area contributed by atoms with Gasteiger partial charge in [0.1, 0.15) is 0 Å². The number of likely N-dealkylation sites (tertiary alicyclic amines) is 1. The smallest absolute Gasteiger partial charge is 0.351 e. The van der Waals surface area contributed by atoms with Gasteiger partial charge < -0.3 is 20.0 Å². The minimum Gasteiger partial charge on any atom is -0.351 e. The summed E-state index contributed by atoms with van der Waals surface area (Å²) in [6.45, 7) is 4.68. The highest BCUT2D eigenvalue weighted by atomic mass is 35.5. The summed E-state index contributed by atoms with van der Waals surface area (Å²) in [5.74, 6) is 0. The van der Waals surface area contributed by atoms with Gasteiger partial charge in [-0.15, -0.1) is 5.06 Å². The molecule has 1 saturated heterocycles. The summed E-state index contributed by atoms with van der Waals surface area (Å²) in [5, 5.41) is 10.1. The van der Waals surface area contributed by atoms with Gasteiger partial charge in [0.15, 0.2) is 0 Å². The van der Waals surface area contributed by atoms with E-state index in [1.165, 1.54) is 0 Å². The van der Waals surface area contributed by atoms with Crippen LogP contribution in [-0.4, -0.2) is 68.6 Å². The summed E-state index contributed by atoms with van der Waals surface area (Å²) in [7, 11) is 1.54. The van der Waals surface area contributed by atoms with Crippen LogP contribution in [0.4, 0.5) is 4.79 Å². The number of amides is 1. The van der Waals surface area contributed by atoms with E-state index in [-0.39, 0.29) is 11.7 Å². The number of aromatic nitrogens is 4. The molecule has 41 heavy (non-hydrogen) atoms. The first-order valence-electron chi connectivity index (χ1n) is 14.0. The van der Waals surface area contributed by atoms with Crippen LogP contribution in [0, 0.1) is 0 Å². The van der Waals surface area contributed by atoms with Crippen molar-refractivity contribution in [3.05, 3.63) is 74.3 Å². The van der Waals surface area contributed by atoms with Gasteiger partial charge >= 0.3 is 11.8 Å². The Morgan fingerprint density at radius 3 is 2.68 bits per heavy atom. The van der Waals surface area contributed by atoms with E-state index in [1.54, 1.807) is 18.2 Å². The van der Waals surface area contributed by atoms with Crippen LogP contribution >= 0.6 is 23.2 Å². The quantitative estimate of drug-likeness (QED) is 0.316. The zero-order valence-corrected chi connectivity index (χ0v) is 24.4. The van der Waals surface area contributed by atoms with Gasteiger partial charge in [-0.25, -0.2) is 9.59 Å². The number of imidazole rings is 1. The highest BCUT2D eigenvalue weighted by Gasteiger charge is 2.28. The molecule has 0 aliphatic carbocycles. The molecular formula is C29H33Cl2N7O3. The lowest BCUT2D eigenvalue weighted by molar-refractivity contribution is -0.110. The number of H-pyrrole nitrogens is 1. The van der Waals surface area contributed by atoms with E-state index in [9.17, 15) is 9.59 Å². The number of piperidine rings is 1. The lowest BCUT2D eigenvalue weighted by Crippen LogP contribution is -2.38. The Balaban J connectivity index is 1.12. The Morgan fingerprint density at radius 1 is 1.10 bits per heavy atom. The van der Waals surface area contributed by atoms with Crippen LogP contribution in [0.15, 0.2) is 47.3 Å². The number of carbonyl (C=O) groups excluding carboxylic acids is 1. The third kappa shape index (κ3) is 5.74. The van der Waals surface area contributed by atoms with Gasteiger partial charge in [-0.05, 0) is 50.1 Å². The molecule has 216 valence electrons. The minimum absolute atomic E-state index is 0.0230. The standard InChI is InChI=1S/C29H33Cl2N7O3/c1-32-29(40)41-36-16-11-25-21(18-36)27(19-7-8-22(30)23(31)17-19)34-37(25)13-4-12-35-14-9-20(10-15-35)38-26-6-3-2-5-24(26)33-28(38)39/h2-3,5-8,17,20H,4,9-16,18H2,1H3,(H,32,40)(H,33,39). The number of aromatic amines is 1. The van der Waals surface area contributed by atoms with E-state index in [4.69, 9.17) is 33.1 Å². The van der Waals surface area contributed by atoms with Gasteiger partial charge in [0.25, 0.3) is 0 Å². The second-order valence-corrected chi connectivity index (χ2v) is 11.4. The van der Waals surface area contributed by atoms with Crippen molar-refractivity contribution in [3.8, 4) is 11.3 Å². The van der Waals surface area contributed by atoms with Crippen LogP contribution in [0.25, 0.3) is 22.3 Å². The largest absolute Gasteiger partial charge is 0.426 e. The summed E-state index contributed by atoms with van der Waals surface area (Å²) in [4.78, 5) is 35.4. The number of halogens is 2. The normalized spacial score (nSPS) is 16.7. The predicted molar refractivity (Wildman–Crippen MR) is 159 cm³/mol. The molecule has 2 aliphatic rings. The molecule has 2 N–H and O–H groups in total. The fourth-order valence-electron chi connectivity index (χ4n) is 6.05. The summed E-state index contributed by atoms with van der Waals surface area (Å²) in [6, 6.07) is 13.6. The number of aryl methyl sites for hydroxylation is 1. The first kappa shape index (κ1) is 27.8. The molecule has 2 aromatic heterocycles. The Morgan fingerprint density at radius 2 is 1.90 bits per heavy atom. The van der Waals surface area contributed by atoms with Gasteiger partial charge in [-0.1, -0.05) is 41.4 Å². The minimum atomic E-state index is -0.490. The molecule has 12 heteroatoms. The second-order valence-electron chi connectivity index (χ2n) is 10.6. The summed E-state index contributed by atoms with van der Waals surface area (Å²) in [5.41, 5.74) is 5.75. The molecule has 4 heterocycles. The van der Waals surface area contributed by atoms with Crippen molar-refractivity contribution in [2.24, 2.45) is 0 Å². The van der Waals surface area contributed by atoms with Crippen LogP contribution in [0.2, 0.25) is 10.0 Å². The molecule has 1 fully saturated rings. The first-order chi connectivity index (χ1) is 19.9. The van der Waals surface area contributed by atoms with Crippen molar-refractivity contribution in [2.75, 3.05) is 33.2 Å². The van der Waals surface area contributed by atoms with Gasteiger partial charge in [0.05, 0.1) is 33.3 Å². The second kappa shape index (κ2) is 11.9. The molecule has 0 spiro atoms. The van der Waals surface area contributed by atoms with Gasteiger partial charge in [-0.3, -0.25) is 9.25 Å². The van der Waals surface area contributed by atoms with Crippen molar-refractivity contribution < 1.29 is 9.63 Å². The average Bonchev–Trinajstić information content (AvgIpc) is 3.51. The zero-order valence-electron chi connectivity index (χ0n) is 22.9. The average molecular weight is 599 g/mol.